The predicted octanol–water partition coefficient (Wildman–Crippen LogP) is 4.03. The highest BCUT2D eigenvalue weighted by atomic mass is 19.1. The van der Waals surface area contributed by atoms with Gasteiger partial charge in [-0.05, 0) is 31.0 Å². The van der Waals surface area contributed by atoms with Crippen molar-refractivity contribution in [3.63, 3.8) is 0 Å². The van der Waals surface area contributed by atoms with Gasteiger partial charge in [0.2, 0.25) is 5.76 Å². The van der Waals surface area contributed by atoms with Crippen molar-refractivity contribution in [1.29, 1.82) is 0 Å². The summed E-state index contributed by atoms with van der Waals surface area (Å²) < 4.78 is 18.4. The number of nitrogens with one attached hydrogen (secondary N) is 1. The number of aryl methyl sites for hydroxylation is 2. The number of benzene rings is 2. The Hall–Kier alpha value is -2.95. The van der Waals surface area contributed by atoms with E-state index in [2.05, 4.69) is 10.5 Å². The van der Waals surface area contributed by atoms with Crippen LogP contribution >= 0.6 is 0 Å². The molecule has 3 rings (SSSR count). The molecule has 0 aliphatic carbocycles. The molecule has 0 fully saturated rings. The highest BCUT2D eigenvalue weighted by molar-refractivity contribution is 5.92. The number of aromatic nitrogens is 1. The van der Waals surface area contributed by atoms with Crippen LogP contribution in [0.5, 0.6) is 0 Å². The van der Waals surface area contributed by atoms with Crippen LogP contribution in [0.15, 0.2) is 53.1 Å². The Kier molecular flexibility index (Phi) is 4.42. The maximum atomic E-state index is 13.2. The molecule has 0 aliphatic heterocycles. The minimum atomic E-state index is -0.358. The Bertz CT molecular complexity index is 869. The van der Waals surface area contributed by atoms with E-state index < -0.39 is 0 Å². The first kappa shape index (κ1) is 15.9. The summed E-state index contributed by atoms with van der Waals surface area (Å²) in [6.45, 7) is 3.98. The molecular weight excluding hydrogens is 307 g/mol. The van der Waals surface area contributed by atoms with Gasteiger partial charge in [-0.15, -0.1) is 0 Å². The smallest absolute Gasteiger partial charge is 0.290 e. The van der Waals surface area contributed by atoms with Gasteiger partial charge >= 0.3 is 0 Å². The number of amides is 1. The Morgan fingerprint density at radius 3 is 2.58 bits per heavy atom. The summed E-state index contributed by atoms with van der Waals surface area (Å²) in [6.07, 6.45) is 0. The van der Waals surface area contributed by atoms with E-state index in [1.54, 1.807) is 25.1 Å². The maximum Gasteiger partial charge on any atom is 0.290 e. The second-order valence-electron chi connectivity index (χ2n) is 5.71. The Balaban J connectivity index is 1.67. The van der Waals surface area contributed by atoms with Gasteiger partial charge in [-0.2, -0.15) is 0 Å². The largest absolute Gasteiger partial charge is 0.350 e. The van der Waals surface area contributed by atoms with Crippen LogP contribution in [-0.2, 0) is 6.54 Å². The third-order valence-electron chi connectivity index (χ3n) is 3.76. The van der Waals surface area contributed by atoms with E-state index in [9.17, 15) is 9.18 Å². The lowest BCUT2D eigenvalue weighted by Crippen LogP contribution is -2.22. The zero-order chi connectivity index (χ0) is 17.1. The van der Waals surface area contributed by atoms with Gasteiger partial charge in [-0.25, -0.2) is 4.39 Å². The summed E-state index contributed by atoms with van der Waals surface area (Å²) >= 11 is 0. The third-order valence-corrected chi connectivity index (χ3v) is 3.76. The molecule has 0 radical (unpaired) electrons. The molecular formula is C19H17FN2O2. The highest BCUT2D eigenvalue weighted by Gasteiger charge is 2.14. The molecule has 0 saturated carbocycles. The average molecular weight is 324 g/mol. The van der Waals surface area contributed by atoms with E-state index >= 15 is 0 Å². The Morgan fingerprint density at radius 2 is 1.88 bits per heavy atom. The fourth-order valence-corrected chi connectivity index (χ4v) is 2.33. The summed E-state index contributed by atoms with van der Waals surface area (Å²) in [5.41, 5.74) is 4.01. The van der Waals surface area contributed by atoms with Crippen LogP contribution in [0.4, 0.5) is 4.39 Å². The molecule has 24 heavy (non-hydrogen) atoms. The zero-order valence-corrected chi connectivity index (χ0v) is 13.5. The van der Waals surface area contributed by atoms with Crippen molar-refractivity contribution in [3.8, 4) is 11.3 Å². The zero-order valence-electron chi connectivity index (χ0n) is 13.5. The minimum absolute atomic E-state index is 0.143. The third kappa shape index (κ3) is 3.51. The number of hydrogen-bond donors (Lipinski definition) is 1. The van der Waals surface area contributed by atoms with Crippen molar-refractivity contribution in [2.24, 2.45) is 0 Å². The van der Waals surface area contributed by atoms with Gasteiger partial charge in [0.15, 0.2) is 0 Å². The second kappa shape index (κ2) is 6.66. The monoisotopic (exact) mass is 324 g/mol. The SMILES string of the molecule is Cc1ccc(-c2cc(C(=O)NCc3ccc(F)c(C)c3)on2)cc1. The standard InChI is InChI=1S/C19H17FN2O2/c1-12-3-6-15(7-4-12)17-10-18(24-22-17)19(23)21-11-14-5-8-16(20)13(2)9-14/h3-10H,11H2,1-2H3,(H,21,23). The summed E-state index contributed by atoms with van der Waals surface area (Å²) in [7, 11) is 0. The van der Waals surface area contributed by atoms with Crippen molar-refractivity contribution in [2.45, 2.75) is 20.4 Å². The van der Waals surface area contributed by atoms with E-state index in [1.165, 1.54) is 6.07 Å². The molecule has 4 nitrogen and oxygen atoms in total. The van der Waals surface area contributed by atoms with E-state index in [0.29, 0.717) is 17.8 Å². The van der Waals surface area contributed by atoms with Crippen molar-refractivity contribution >= 4 is 5.91 Å². The van der Waals surface area contributed by atoms with Crippen molar-refractivity contribution in [1.82, 2.24) is 10.5 Å². The molecule has 0 atom stereocenters. The van der Waals surface area contributed by atoms with Gasteiger partial charge in [0.05, 0.1) is 0 Å². The van der Waals surface area contributed by atoms with Gasteiger partial charge in [0.1, 0.15) is 11.5 Å². The molecule has 1 aromatic heterocycles. The van der Waals surface area contributed by atoms with E-state index in [0.717, 1.165) is 16.7 Å². The first-order valence-corrected chi connectivity index (χ1v) is 7.60. The number of hydrogen-bond acceptors (Lipinski definition) is 3. The highest BCUT2D eigenvalue weighted by Crippen LogP contribution is 2.19. The number of carbonyl (C=O) groups is 1. The van der Waals surface area contributed by atoms with Crippen LogP contribution in [0.3, 0.4) is 0 Å². The van der Waals surface area contributed by atoms with Gasteiger partial charge in [-0.1, -0.05) is 47.1 Å². The first-order chi connectivity index (χ1) is 11.5. The van der Waals surface area contributed by atoms with Gasteiger partial charge in [0.25, 0.3) is 5.91 Å². The molecule has 122 valence electrons. The molecule has 1 N–H and O–H groups in total. The van der Waals surface area contributed by atoms with E-state index in [-0.39, 0.29) is 17.5 Å². The van der Waals surface area contributed by atoms with Gasteiger partial charge in [0, 0.05) is 18.2 Å². The summed E-state index contributed by atoms with van der Waals surface area (Å²) in [6, 6.07) is 14.1. The minimum Gasteiger partial charge on any atom is -0.350 e. The molecule has 0 spiro atoms. The van der Waals surface area contributed by atoms with E-state index in [4.69, 9.17) is 4.52 Å². The van der Waals surface area contributed by atoms with Crippen LogP contribution in [0, 0.1) is 19.7 Å². The average Bonchev–Trinajstić information content (AvgIpc) is 3.06. The Morgan fingerprint density at radius 1 is 1.12 bits per heavy atom. The van der Waals surface area contributed by atoms with Crippen molar-refractivity contribution in [3.05, 3.63) is 76.8 Å². The summed E-state index contributed by atoms with van der Waals surface area (Å²) in [4.78, 5) is 12.1. The van der Waals surface area contributed by atoms with Crippen LogP contribution in [0.1, 0.15) is 27.2 Å². The van der Waals surface area contributed by atoms with Crippen molar-refractivity contribution < 1.29 is 13.7 Å². The molecule has 0 aliphatic rings. The van der Waals surface area contributed by atoms with Gasteiger partial charge in [-0.3, -0.25) is 4.79 Å². The Labute approximate surface area is 139 Å². The number of nitrogens with zero attached hydrogens (tertiary/aromatic N) is 1. The lowest BCUT2D eigenvalue weighted by Gasteiger charge is -2.04. The molecule has 3 aromatic rings. The maximum absolute atomic E-state index is 13.2. The normalized spacial score (nSPS) is 10.6. The fourth-order valence-electron chi connectivity index (χ4n) is 2.33. The fraction of sp³-hybridized carbons (Fsp3) is 0.158. The number of rotatable bonds is 4. The molecule has 1 heterocycles. The second-order valence-corrected chi connectivity index (χ2v) is 5.71. The van der Waals surface area contributed by atoms with Crippen LogP contribution in [0.25, 0.3) is 11.3 Å². The predicted molar refractivity (Wildman–Crippen MR) is 89.0 cm³/mol. The molecule has 0 saturated heterocycles. The number of carbonyl (C=O) groups excluding carboxylic acids is 1. The lowest BCUT2D eigenvalue weighted by molar-refractivity contribution is 0.0914. The molecule has 1 amide bonds. The van der Waals surface area contributed by atoms with Gasteiger partial charge < -0.3 is 9.84 Å². The quantitative estimate of drug-likeness (QED) is 0.788. The summed E-state index contributed by atoms with van der Waals surface area (Å²) in [5, 5.41) is 6.67. The number of halogens is 1. The summed E-state index contributed by atoms with van der Waals surface area (Å²) in [5.74, 6) is -0.477. The van der Waals surface area contributed by atoms with Crippen LogP contribution < -0.4 is 5.32 Å². The van der Waals surface area contributed by atoms with E-state index in [1.807, 2.05) is 31.2 Å². The lowest BCUT2D eigenvalue weighted by atomic mass is 10.1. The molecule has 0 bridgehead atoms. The van der Waals surface area contributed by atoms with Crippen molar-refractivity contribution in [2.75, 3.05) is 0 Å². The topological polar surface area (TPSA) is 55.1 Å². The first-order valence-electron chi connectivity index (χ1n) is 7.60. The molecule has 0 unspecified atom stereocenters. The molecule has 2 aromatic carbocycles. The van der Waals surface area contributed by atoms with Crippen LogP contribution in [0.2, 0.25) is 0 Å². The van der Waals surface area contributed by atoms with Crippen LogP contribution in [-0.4, -0.2) is 11.1 Å². The molecule has 5 heteroatoms.